The van der Waals surface area contributed by atoms with E-state index in [0.717, 1.165) is 22.0 Å². The number of phenolic OH excluding ortho intramolecular Hbond substituents is 1. The highest BCUT2D eigenvalue weighted by molar-refractivity contribution is 5.84. The van der Waals surface area contributed by atoms with Crippen LogP contribution in [0.2, 0.25) is 0 Å². The van der Waals surface area contributed by atoms with Crippen LogP contribution in [0.15, 0.2) is 48.7 Å². The summed E-state index contributed by atoms with van der Waals surface area (Å²) >= 11 is 0. The number of fused-ring (bicyclic) bond motifs is 1. The standard InChI is InChI=1S/C18H18N2O4/c1-2-24-18-9-12(7-8-17(18)21)15(11-20(22)23)14-10-19-16-6-4-3-5-13(14)16/h3-10,15,19,21H,2,11H2,1H3/t15-/m1/s1. The first kappa shape index (κ1) is 15.9. The zero-order chi connectivity index (χ0) is 17.1. The number of aromatic nitrogens is 1. The number of aromatic amines is 1. The molecule has 0 aliphatic carbocycles. The molecule has 1 heterocycles. The Morgan fingerprint density at radius 2 is 2.08 bits per heavy atom. The normalized spacial score (nSPS) is 12.2. The van der Waals surface area contributed by atoms with Crippen LogP contribution in [0.25, 0.3) is 10.9 Å². The van der Waals surface area contributed by atoms with Gasteiger partial charge in [-0.1, -0.05) is 24.3 Å². The summed E-state index contributed by atoms with van der Waals surface area (Å²) in [5.74, 6) is -0.0708. The number of hydrogen-bond acceptors (Lipinski definition) is 4. The maximum Gasteiger partial charge on any atom is 0.214 e. The second-order valence-corrected chi connectivity index (χ2v) is 5.52. The fourth-order valence-corrected chi connectivity index (χ4v) is 2.93. The molecule has 0 radical (unpaired) electrons. The fourth-order valence-electron chi connectivity index (χ4n) is 2.93. The highest BCUT2D eigenvalue weighted by atomic mass is 16.6. The molecule has 24 heavy (non-hydrogen) atoms. The molecule has 3 aromatic rings. The van der Waals surface area contributed by atoms with Crippen LogP contribution in [-0.2, 0) is 0 Å². The number of para-hydroxylation sites is 1. The monoisotopic (exact) mass is 326 g/mol. The molecule has 0 aliphatic rings. The summed E-state index contributed by atoms with van der Waals surface area (Å²) in [5, 5.41) is 22.0. The highest BCUT2D eigenvalue weighted by Gasteiger charge is 2.24. The van der Waals surface area contributed by atoms with E-state index in [9.17, 15) is 15.2 Å². The van der Waals surface area contributed by atoms with Gasteiger partial charge in [0.2, 0.25) is 6.54 Å². The van der Waals surface area contributed by atoms with Crippen LogP contribution in [0.5, 0.6) is 11.5 Å². The molecule has 2 N–H and O–H groups in total. The quantitative estimate of drug-likeness (QED) is 0.534. The molecule has 1 aromatic heterocycles. The van der Waals surface area contributed by atoms with E-state index in [-0.39, 0.29) is 17.2 Å². The average molecular weight is 326 g/mol. The van der Waals surface area contributed by atoms with Gasteiger partial charge >= 0.3 is 0 Å². The summed E-state index contributed by atoms with van der Waals surface area (Å²) in [4.78, 5) is 14.0. The molecule has 0 amide bonds. The van der Waals surface area contributed by atoms with E-state index in [4.69, 9.17) is 4.74 Å². The molecular formula is C18H18N2O4. The summed E-state index contributed by atoms with van der Waals surface area (Å²) in [7, 11) is 0. The van der Waals surface area contributed by atoms with Crippen LogP contribution in [0.1, 0.15) is 24.0 Å². The van der Waals surface area contributed by atoms with E-state index in [1.54, 1.807) is 12.1 Å². The van der Waals surface area contributed by atoms with Crippen molar-refractivity contribution in [1.29, 1.82) is 0 Å². The van der Waals surface area contributed by atoms with E-state index in [1.165, 1.54) is 6.07 Å². The third kappa shape index (κ3) is 3.03. The minimum absolute atomic E-state index is 0.0272. The molecule has 1 atom stereocenters. The SMILES string of the molecule is CCOc1cc([C@@H](C[N+](=O)[O-])c2c[nH]c3ccccc23)ccc1O. The summed E-state index contributed by atoms with van der Waals surface area (Å²) < 4.78 is 5.41. The van der Waals surface area contributed by atoms with Crippen LogP contribution < -0.4 is 4.74 Å². The van der Waals surface area contributed by atoms with Crippen molar-refractivity contribution in [3.8, 4) is 11.5 Å². The van der Waals surface area contributed by atoms with Crippen molar-refractivity contribution in [2.75, 3.05) is 13.2 Å². The lowest BCUT2D eigenvalue weighted by atomic mass is 9.90. The van der Waals surface area contributed by atoms with Crippen molar-refractivity contribution in [2.24, 2.45) is 0 Å². The third-order valence-corrected chi connectivity index (χ3v) is 4.01. The largest absolute Gasteiger partial charge is 0.504 e. The Hall–Kier alpha value is -3.02. The molecule has 0 bridgehead atoms. The summed E-state index contributed by atoms with van der Waals surface area (Å²) in [6.07, 6.45) is 1.81. The lowest BCUT2D eigenvalue weighted by molar-refractivity contribution is -0.481. The Morgan fingerprint density at radius 3 is 2.83 bits per heavy atom. The second-order valence-electron chi connectivity index (χ2n) is 5.52. The van der Waals surface area contributed by atoms with Gasteiger partial charge < -0.3 is 14.8 Å². The highest BCUT2D eigenvalue weighted by Crippen LogP contribution is 2.35. The summed E-state index contributed by atoms with van der Waals surface area (Å²) in [5.41, 5.74) is 2.53. The van der Waals surface area contributed by atoms with Gasteiger partial charge in [-0.05, 0) is 36.2 Å². The number of ether oxygens (including phenoxy) is 1. The number of phenols is 1. The molecule has 0 saturated carbocycles. The number of H-pyrrole nitrogens is 1. The first-order chi connectivity index (χ1) is 11.6. The Kier molecular flexibility index (Phi) is 4.37. The van der Waals surface area contributed by atoms with Crippen molar-refractivity contribution in [3.63, 3.8) is 0 Å². The number of hydrogen-bond donors (Lipinski definition) is 2. The zero-order valence-electron chi connectivity index (χ0n) is 13.2. The molecule has 6 heteroatoms. The van der Waals surface area contributed by atoms with Gasteiger partial charge in [0.15, 0.2) is 11.5 Å². The Bertz CT molecular complexity index is 872. The van der Waals surface area contributed by atoms with Gasteiger partial charge in [-0.3, -0.25) is 10.1 Å². The van der Waals surface area contributed by atoms with E-state index >= 15 is 0 Å². The summed E-state index contributed by atoms with van der Waals surface area (Å²) in [6, 6.07) is 12.6. The minimum Gasteiger partial charge on any atom is -0.504 e. The molecule has 0 saturated heterocycles. The van der Waals surface area contributed by atoms with Crippen LogP contribution in [0.4, 0.5) is 0 Å². The lowest BCUT2D eigenvalue weighted by Crippen LogP contribution is -2.14. The first-order valence-electron chi connectivity index (χ1n) is 7.73. The number of benzene rings is 2. The Labute approximate surface area is 138 Å². The van der Waals surface area contributed by atoms with Crippen molar-refractivity contribution in [1.82, 2.24) is 4.98 Å². The maximum atomic E-state index is 11.2. The molecule has 0 unspecified atom stereocenters. The van der Waals surface area contributed by atoms with Crippen LogP contribution in [0, 0.1) is 10.1 Å². The molecule has 0 aliphatic heterocycles. The Balaban J connectivity index is 2.10. The lowest BCUT2D eigenvalue weighted by Gasteiger charge is -2.15. The second kappa shape index (κ2) is 6.62. The van der Waals surface area contributed by atoms with Crippen molar-refractivity contribution in [2.45, 2.75) is 12.8 Å². The smallest absolute Gasteiger partial charge is 0.214 e. The van der Waals surface area contributed by atoms with Crippen LogP contribution in [0.3, 0.4) is 0 Å². The van der Waals surface area contributed by atoms with Gasteiger partial charge in [-0.15, -0.1) is 0 Å². The number of aromatic hydroxyl groups is 1. The Morgan fingerprint density at radius 1 is 1.29 bits per heavy atom. The van der Waals surface area contributed by atoms with Crippen molar-refractivity contribution in [3.05, 3.63) is 69.9 Å². The summed E-state index contributed by atoms with van der Waals surface area (Å²) in [6.45, 7) is 1.99. The fraction of sp³-hybridized carbons (Fsp3) is 0.222. The van der Waals surface area contributed by atoms with Gasteiger partial charge in [0.25, 0.3) is 0 Å². The predicted molar refractivity (Wildman–Crippen MR) is 91.3 cm³/mol. The topological polar surface area (TPSA) is 88.4 Å². The van der Waals surface area contributed by atoms with E-state index < -0.39 is 5.92 Å². The molecule has 2 aromatic carbocycles. The number of nitrogens with zero attached hydrogens (tertiary/aromatic N) is 1. The molecule has 0 fully saturated rings. The van der Waals surface area contributed by atoms with Gasteiger partial charge in [0.1, 0.15) is 0 Å². The average Bonchev–Trinajstić information content (AvgIpc) is 2.99. The van der Waals surface area contributed by atoms with Crippen molar-refractivity contribution < 1.29 is 14.8 Å². The van der Waals surface area contributed by atoms with E-state index in [2.05, 4.69) is 4.98 Å². The van der Waals surface area contributed by atoms with Gasteiger partial charge in [-0.25, -0.2) is 0 Å². The third-order valence-electron chi connectivity index (χ3n) is 4.01. The molecule has 124 valence electrons. The van der Waals surface area contributed by atoms with E-state index in [0.29, 0.717) is 12.4 Å². The van der Waals surface area contributed by atoms with E-state index in [1.807, 2.05) is 37.4 Å². The van der Waals surface area contributed by atoms with Crippen molar-refractivity contribution >= 4 is 10.9 Å². The van der Waals surface area contributed by atoms with Gasteiger partial charge in [0.05, 0.1) is 12.5 Å². The molecular weight excluding hydrogens is 308 g/mol. The number of rotatable bonds is 6. The molecule has 3 rings (SSSR count). The minimum atomic E-state index is -0.434. The maximum absolute atomic E-state index is 11.2. The molecule has 0 spiro atoms. The number of nitrogens with one attached hydrogen (secondary N) is 1. The van der Waals surface area contributed by atoms with Gasteiger partial charge in [0, 0.05) is 22.0 Å². The number of nitro groups is 1. The predicted octanol–water partition coefficient (Wildman–Crippen LogP) is 3.68. The van der Waals surface area contributed by atoms with Crippen LogP contribution in [-0.4, -0.2) is 28.2 Å². The van der Waals surface area contributed by atoms with Crippen LogP contribution >= 0.6 is 0 Å². The molecule has 6 nitrogen and oxygen atoms in total. The zero-order valence-corrected chi connectivity index (χ0v) is 13.2. The first-order valence-corrected chi connectivity index (χ1v) is 7.73. The van der Waals surface area contributed by atoms with Gasteiger partial charge in [-0.2, -0.15) is 0 Å².